The van der Waals surface area contributed by atoms with Crippen LogP contribution in [0.2, 0.25) is 0 Å². The van der Waals surface area contributed by atoms with E-state index in [0.29, 0.717) is 11.8 Å². The number of nitrogens with zero attached hydrogens (tertiary/aromatic N) is 4. The zero-order chi connectivity index (χ0) is 15.8. The summed E-state index contributed by atoms with van der Waals surface area (Å²) in [6.07, 6.45) is 9.97. The van der Waals surface area contributed by atoms with Gasteiger partial charge in [0, 0.05) is 56.5 Å². The quantitative estimate of drug-likeness (QED) is 0.890. The molecule has 1 aliphatic carbocycles. The lowest BCUT2D eigenvalue weighted by Crippen LogP contribution is -2.18. The Morgan fingerprint density at radius 3 is 2.91 bits per heavy atom. The molecule has 1 saturated carbocycles. The van der Waals surface area contributed by atoms with Crippen molar-refractivity contribution >= 4 is 5.69 Å². The van der Waals surface area contributed by atoms with Crippen LogP contribution in [-0.4, -0.2) is 32.7 Å². The van der Waals surface area contributed by atoms with Gasteiger partial charge in [0.25, 0.3) is 0 Å². The molecule has 2 aromatic rings. The molecule has 23 heavy (non-hydrogen) atoms. The lowest BCUT2D eigenvalue weighted by molar-refractivity contribution is 0.0932. The van der Waals surface area contributed by atoms with Gasteiger partial charge >= 0.3 is 0 Å². The molecule has 1 N–H and O–H groups in total. The van der Waals surface area contributed by atoms with Crippen molar-refractivity contribution in [2.24, 2.45) is 13.0 Å². The van der Waals surface area contributed by atoms with Gasteiger partial charge in [0.05, 0.1) is 23.7 Å². The van der Waals surface area contributed by atoms with Crippen molar-refractivity contribution in [3.63, 3.8) is 0 Å². The average Bonchev–Trinajstić information content (AvgIpc) is 2.98. The van der Waals surface area contributed by atoms with Gasteiger partial charge in [0.1, 0.15) is 0 Å². The van der Waals surface area contributed by atoms with Crippen LogP contribution in [-0.2, 0) is 18.3 Å². The molecule has 6 heteroatoms. The van der Waals surface area contributed by atoms with E-state index in [0.717, 1.165) is 26.1 Å². The molecular formula is C17H25N5O. The fraction of sp³-hybridized carbons (Fsp3) is 0.647. The molecule has 2 aromatic heterocycles. The molecule has 0 aromatic carbocycles. The molecule has 6 nitrogen and oxygen atoms in total. The predicted octanol–water partition coefficient (Wildman–Crippen LogP) is 2.70. The number of anilines is 1. The summed E-state index contributed by atoms with van der Waals surface area (Å²) >= 11 is 0. The van der Waals surface area contributed by atoms with E-state index in [1.165, 1.54) is 29.8 Å². The van der Waals surface area contributed by atoms with Gasteiger partial charge in [0.15, 0.2) is 0 Å². The summed E-state index contributed by atoms with van der Waals surface area (Å²) in [6.45, 7) is 4.76. The van der Waals surface area contributed by atoms with Crippen molar-refractivity contribution in [3.05, 3.63) is 29.8 Å². The number of rotatable bonds is 6. The van der Waals surface area contributed by atoms with Crippen LogP contribution >= 0.6 is 0 Å². The maximum absolute atomic E-state index is 5.98. The van der Waals surface area contributed by atoms with Crippen molar-refractivity contribution in [2.45, 2.75) is 44.8 Å². The highest BCUT2D eigenvalue weighted by atomic mass is 16.5. The summed E-state index contributed by atoms with van der Waals surface area (Å²) in [6, 6.07) is 0. The third-order valence-corrected chi connectivity index (χ3v) is 4.90. The Bertz CT molecular complexity index is 672. The largest absolute Gasteiger partial charge is 0.382 e. The van der Waals surface area contributed by atoms with E-state index in [9.17, 15) is 0 Å². The zero-order valence-corrected chi connectivity index (χ0v) is 13.9. The number of hydrogen-bond acceptors (Lipinski definition) is 4. The van der Waals surface area contributed by atoms with Crippen molar-refractivity contribution in [1.29, 1.82) is 0 Å². The Balaban J connectivity index is 1.43. The van der Waals surface area contributed by atoms with E-state index in [-0.39, 0.29) is 6.10 Å². The van der Waals surface area contributed by atoms with E-state index in [1.54, 1.807) is 0 Å². The normalized spacial score (nSPS) is 24.3. The SMILES string of the molecule is CCn1cc([C@H]2OCC[C@@H]2CNc2cn(C)nc2C2CC2)cn1. The lowest BCUT2D eigenvalue weighted by atomic mass is 9.97. The molecule has 2 fully saturated rings. The zero-order valence-electron chi connectivity index (χ0n) is 13.9. The predicted molar refractivity (Wildman–Crippen MR) is 88.4 cm³/mol. The fourth-order valence-electron chi connectivity index (χ4n) is 3.45. The highest BCUT2D eigenvalue weighted by Crippen LogP contribution is 2.43. The summed E-state index contributed by atoms with van der Waals surface area (Å²) < 4.78 is 9.87. The van der Waals surface area contributed by atoms with Gasteiger partial charge < -0.3 is 10.1 Å². The van der Waals surface area contributed by atoms with Crippen molar-refractivity contribution in [3.8, 4) is 0 Å². The highest BCUT2D eigenvalue weighted by Gasteiger charge is 2.32. The first kappa shape index (κ1) is 14.8. The molecule has 4 rings (SSSR count). The lowest BCUT2D eigenvalue weighted by Gasteiger charge is -2.18. The minimum absolute atomic E-state index is 0.156. The first-order chi connectivity index (χ1) is 11.2. The summed E-state index contributed by atoms with van der Waals surface area (Å²) in [4.78, 5) is 0. The smallest absolute Gasteiger partial charge is 0.0901 e. The minimum atomic E-state index is 0.156. The van der Waals surface area contributed by atoms with Gasteiger partial charge in [-0.05, 0) is 26.2 Å². The third kappa shape index (κ3) is 3.00. The molecule has 124 valence electrons. The monoisotopic (exact) mass is 315 g/mol. The average molecular weight is 315 g/mol. The molecule has 0 radical (unpaired) electrons. The van der Waals surface area contributed by atoms with Gasteiger partial charge in [-0.3, -0.25) is 9.36 Å². The topological polar surface area (TPSA) is 56.9 Å². The second-order valence-corrected chi connectivity index (χ2v) is 6.73. The Morgan fingerprint density at radius 2 is 2.17 bits per heavy atom. The van der Waals surface area contributed by atoms with Crippen LogP contribution in [0.15, 0.2) is 18.6 Å². The fourth-order valence-corrected chi connectivity index (χ4v) is 3.45. The highest BCUT2D eigenvalue weighted by molar-refractivity contribution is 5.49. The van der Waals surface area contributed by atoms with Crippen molar-refractivity contribution in [2.75, 3.05) is 18.5 Å². The second-order valence-electron chi connectivity index (χ2n) is 6.73. The summed E-state index contributed by atoms with van der Waals surface area (Å²) in [5, 5.41) is 12.6. The van der Waals surface area contributed by atoms with Crippen LogP contribution in [0, 0.1) is 5.92 Å². The molecule has 2 atom stereocenters. The van der Waals surface area contributed by atoms with Crippen LogP contribution in [0.4, 0.5) is 5.69 Å². The van der Waals surface area contributed by atoms with E-state index >= 15 is 0 Å². The Kier molecular flexibility index (Phi) is 3.85. The van der Waals surface area contributed by atoms with Crippen LogP contribution in [0.25, 0.3) is 0 Å². The van der Waals surface area contributed by atoms with Gasteiger partial charge in [-0.15, -0.1) is 0 Å². The molecule has 1 aliphatic heterocycles. The number of hydrogen-bond donors (Lipinski definition) is 1. The van der Waals surface area contributed by atoms with Crippen LogP contribution in [0.1, 0.15) is 49.5 Å². The Labute approximate surface area is 136 Å². The number of aromatic nitrogens is 4. The maximum Gasteiger partial charge on any atom is 0.0901 e. The van der Waals surface area contributed by atoms with E-state index < -0.39 is 0 Å². The maximum atomic E-state index is 5.98. The number of ether oxygens (including phenoxy) is 1. The molecule has 0 spiro atoms. The van der Waals surface area contributed by atoms with Crippen molar-refractivity contribution < 1.29 is 4.74 Å². The van der Waals surface area contributed by atoms with Gasteiger partial charge in [0.2, 0.25) is 0 Å². The number of aryl methyl sites for hydroxylation is 2. The van der Waals surface area contributed by atoms with Gasteiger partial charge in [-0.1, -0.05) is 0 Å². The summed E-state index contributed by atoms with van der Waals surface area (Å²) in [5.41, 5.74) is 3.64. The first-order valence-electron chi connectivity index (χ1n) is 8.66. The summed E-state index contributed by atoms with van der Waals surface area (Å²) in [5.74, 6) is 1.15. The van der Waals surface area contributed by atoms with Crippen LogP contribution in [0.5, 0.6) is 0 Å². The van der Waals surface area contributed by atoms with Crippen molar-refractivity contribution in [1.82, 2.24) is 19.6 Å². The van der Waals surface area contributed by atoms with E-state index in [4.69, 9.17) is 4.74 Å². The van der Waals surface area contributed by atoms with Gasteiger partial charge in [-0.25, -0.2) is 0 Å². The van der Waals surface area contributed by atoms with Crippen LogP contribution < -0.4 is 5.32 Å². The van der Waals surface area contributed by atoms with E-state index in [1.807, 2.05) is 22.6 Å². The summed E-state index contributed by atoms with van der Waals surface area (Å²) in [7, 11) is 2.00. The van der Waals surface area contributed by atoms with Gasteiger partial charge in [-0.2, -0.15) is 10.2 Å². The van der Waals surface area contributed by atoms with Crippen LogP contribution in [0.3, 0.4) is 0 Å². The van der Waals surface area contributed by atoms with E-state index in [2.05, 4.69) is 34.8 Å². The minimum Gasteiger partial charge on any atom is -0.382 e. The third-order valence-electron chi connectivity index (χ3n) is 4.90. The molecule has 2 aliphatic rings. The molecule has 0 amide bonds. The Morgan fingerprint density at radius 1 is 1.30 bits per heavy atom. The number of nitrogens with one attached hydrogen (secondary N) is 1. The molecule has 3 heterocycles. The molecule has 1 saturated heterocycles. The first-order valence-corrected chi connectivity index (χ1v) is 8.66. The Hall–Kier alpha value is -1.82. The molecule has 0 unspecified atom stereocenters. The standard InChI is InChI=1S/C17H25N5O/c1-3-22-10-14(9-19-22)17-13(6-7-23-17)8-18-15-11-21(2)20-16(15)12-4-5-12/h9-13,17-18H,3-8H2,1-2H3/t13-,17+/m1/s1. The second kappa shape index (κ2) is 6.00. The molecule has 0 bridgehead atoms. The molecular weight excluding hydrogens is 290 g/mol.